The van der Waals surface area contributed by atoms with Gasteiger partial charge in [-0.05, 0) is 60.7 Å². The molecule has 0 saturated heterocycles. The SMILES string of the molecule is CC(C)(C)C1CCC23CCC2CC13. The van der Waals surface area contributed by atoms with Crippen molar-refractivity contribution in [2.75, 3.05) is 0 Å². The molecule has 0 heteroatoms. The first-order valence-corrected chi connectivity index (χ1v) is 6.04. The minimum Gasteiger partial charge on any atom is -0.0599 e. The van der Waals surface area contributed by atoms with Gasteiger partial charge in [-0.25, -0.2) is 0 Å². The third-order valence-corrected chi connectivity index (χ3v) is 5.57. The van der Waals surface area contributed by atoms with Crippen molar-refractivity contribution in [2.45, 2.75) is 52.9 Å². The largest absolute Gasteiger partial charge is 0.0599 e. The van der Waals surface area contributed by atoms with E-state index in [1.165, 1.54) is 12.3 Å². The number of rotatable bonds is 0. The molecule has 0 bridgehead atoms. The van der Waals surface area contributed by atoms with Crippen LogP contribution in [0.25, 0.3) is 0 Å². The maximum absolute atomic E-state index is 2.45. The molecule has 3 fully saturated rings. The zero-order valence-corrected chi connectivity index (χ0v) is 9.27. The van der Waals surface area contributed by atoms with Gasteiger partial charge in [-0.2, -0.15) is 0 Å². The summed E-state index contributed by atoms with van der Waals surface area (Å²) >= 11 is 0. The van der Waals surface area contributed by atoms with E-state index in [-0.39, 0.29) is 0 Å². The van der Waals surface area contributed by atoms with E-state index < -0.39 is 0 Å². The Morgan fingerprint density at radius 2 is 1.77 bits per heavy atom. The van der Waals surface area contributed by atoms with Crippen LogP contribution in [0.15, 0.2) is 0 Å². The highest BCUT2D eigenvalue weighted by atomic mass is 14.7. The molecule has 4 unspecified atom stereocenters. The highest BCUT2D eigenvalue weighted by molar-refractivity contribution is 5.15. The molecule has 0 heterocycles. The Kier molecular flexibility index (Phi) is 1.37. The van der Waals surface area contributed by atoms with Gasteiger partial charge < -0.3 is 0 Å². The Hall–Kier alpha value is 0. The average Bonchev–Trinajstić information content (AvgIpc) is 2.35. The fraction of sp³-hybridized carbons (Fsp3) is 1.00. The van der Waals surface area contributed by atoms with Gasteiger partial charge in [-0.15, -0.1) is 0 Å². The van der Waals surface area contributed by atoms with Crippen LogP contribution >= 0.6 is 0 Å². The summed E-state index contributed by atoms with van der Waals surface area (Å²) in [5.74, 6) is 3.35. The third kappa shape index (κ3) is 0.831. The van der Waals surface area contributed by atoms with Crippen LogP contribution < -0.4 is 0 Å². The topological polar surface area (TPSA) is 0 Å². The van der Waals surface area contributed by atoms with Crippen molar-refractivity contribution >= 4 is 0 Å². The van der Waals surface area contributed by atoms with E-state index in [9.17, 15) is 0 Å². The minimum absolute atomic E-state index is 0.578. The number of hydrogen-bond acceptors (Lipinski definition) is 0. The molecular weight excluding hydrogens is 156 g/mol. The van der Waals surface area contributed by atoms with E-state index in [0.717, 1.165) is 17.3 Å². The molecule has 3 aliphatic carbocycles. The van der Waals surface area contributed by atoms with Crippen LogP contribution in [0.2, 0.25) is 0 Å². The zero-order valence-electron chi connectivity index (χ0n) is 9.27. The van der Waals surface area contributed by atoms with Crippen LogP contribution in [-0.4, -0.2) is 0 Å². The Morgan fingerprint density at radius 1 is 1.08 bits per heavy atom. The second-order valence-electron chi connectivity index (χ2n) is 6.82. The molecule has 3 saturated carbocycles. The van der Waals surface area contributed by atoms with Gasteiger partial charge in [0, 0.05) is 0 Å². The van der Waals surface area contributed by atoms with E-state index in [2.05, 4.69) is 20.8 Å². The lowest BCUT2D eigenvalue weighted by Gasteiger charge is -2.63. The minimum atomic E-state index is 0.578. The molecule has 0 radical (unpaired) electrons. The van der Waals surface area contributed by atoms with Gasteiger partial charge in [0.1, 0.15) is 0 Å². The van der Waals surface area contributed by atoms with Gasteiger partial charge in [0.25, 0.3) is 0 Å². The van der Waals surface area contributed by atoms with Crippen molar-refractivity contribution in [1.82, 2.24) is 0 Å². The van der Waals surface area contributed by atoms with Gasteiger partial charge in [0.15, 0.2) is 0 Å². The second-order valence-corrected chi connectivity index (χ2v) is 6.82. The first kappa shape index (κ1) is 8.32. The molecule has 3 aliphatic rings. The molecule has 0 N–H and O–H groups in total. The lowest BCUT2D eigenvalue weighted by atomic mass is 9.41. The van der Waals surface area contributed by atoms with Crippen molar-refractivity contribution in [3.8, 4) is 0 Å². The van der Waals surface area contributed by atoms with E-state index in [0.29, 0.717) is 5.41 Å². The van der Waals surface area contributed by atoms with Crippen molar-refractivity contribution in [3.63, 3.8) is 0 Å². The maximum Gasteiger partial charge on any atom is -0.0238 e. The van der Waals surface area contributed by atoms with Gasteiger partial charge in [-0.1, -0.05) is 20.8 Å². The highest BCUT2D eigenvalue weighted by Gasteiger charge is 2.66. The smallest absolute Gasteiger partial charge is 0.0238 e. The molecule has 0 aromatic heterocycles. The van der Waals surface area contributed by atoms with Gasteiger partial charge in [0.2, 0.25) is 0 Å². The first-order valence-electron chi connectivity index (χ1n) is 6.04. The molecular formula is C13H22. The number of hydrogen-bond donors (Lipinski definition) is 0. The van der Waals surface area contributed by atoms with Gasteiger partial charge in [-0.3, -0.25) is 0 Å². The van der Waals surface area contributed by atoms with E-state index >= 15 is 0 Å². The first-order chi connectivity index (χ1) is 6.04. The molecule has 0 nitrogen and oxygen atoms in total. The molecule has 1 spiro atoms. The van der Waals surface area contributed by atoms with Crippen LogP contribution in [0, 0.1) is 28.6 Å². The quantitative estimate of drug-likeness (QED) is 0.528. The molecule has 3 rings (SSSR count). The lowest BCUT2D eigenvalue weighted by Crippen LogP contribution is -2.55. The fourth-order valence-electron chi connectivity index (χ4n) is 4.68. The molecule has 0 aliphatic heterocycles. The zero-order chi connectivity index (χ0) is 9.27. The second kappa shape index (κ2) is 2.15. The maximum atomic E-state index is 2.45. The van der Waals surface area contributed by atoms with E-state index in [4.69, 9.17) is 0 Å². The average molecular weight is 178 g/mol. The van der Waals surface area contributed by atoms with Crippen LogP contribution in [0.3, 0.4) is 0 Å². The molecule has 4 atom stereocenters. The Balaban J connectivity index is 1.83. The monoisotopic (exact) mass is 178 g/mol. The van der Waals surface area contributed by atoms with Gasteiger partial charge >= 0.3 is 0 Å². The summed E-state index contributed by atoms with van der Waals surface area (Å²) in [5, 5.41) is 0. The molecule has 0 aromatic carbocycles. The van der Waals surface area contributed by atoms with Crippen LogP contribution in [0.5, 0.6) is 0 Å². The highest BCUT2D eigenvalue weighted by Crippen LogP contribution is 2.74. The van der Waals surface area contributed by atoms with Crippen molar-refractivity contribution in [1.29, 1.82) is 0 Å². The van der Waals surface area contributed by atoms with Crippen molar-refractivity contribution < 1.29 is 0 Å². The summed E-state index contributed by atoms with van der Waals surface area (Å²) in [6.07, 6.45) is 7.83. The summed E-state index contributed by atoms with van der Waals surface area (Å²) < 4.78 is 0. The Bertz CT molecular complexity index is 235. The molecule has 13 heavy (non-hydrogen) atoms. The van der Waals surface area contributed by atoms with Gasteiger partial charge in [0.05, 0.1) is 0 Å². The standard InChI is InChI=1S/C13H22/c1-12(2,3)10-5-7-13-6-4-9(13)8-11(10)13/h9-11H,4-8H2,1-3H3. The summed E-state index contributed by atoms with van der Waals surface area (Å²) in [6, 6.07) is 0. The molecule has 0 amide bonds. The van der Waals surface area contributed by atoms with E-state index in [1.807, 2.05) is 0 Å². The van der Waals surface area contributed by atoms with Crippen LogP contribution in [-0.2, 0) is 0 Å². The van der Waals surface area contributed by atoms with Crippen LogP contribution in [0.4, 0.5) is 0 Å². The van der Waals surface area contributed by atoms with Crippen molar-refractivity contribution in [2.24, 2.45) is 28.6 Å². The van der Waals surface area contributed by atoms with E-state index in [1.54, 1.807) is 25.7 Å². The van der Waals surface area contributed by atoms with Crippen LogP contribution in [0.1, 0.15) is 52.9 Å². The van der Waals surface area contributed by atoms with Crippen molar-refractivity contribution in [3.05, 3.63) is 0 Å². The Morgan fingerprint density at radius 3 is 2.15 bits per heavy atom. The predicted octanol–water partition coefficient (Wildman–Crippen LogP) is 3.86. The normalized spacial score (nSPS) is 53.3. The summed E-state index contributed by atoms with van der Waals surface area (Å²) in [5.41, 5.74) is 1.48. The predicted molar refractivity (Wildman–Crippen MR) is 55.4 cm³/mol. The molecule has 0 aromatic rings. The summed E-state index contributed by atoms with van der Waals surface area (Å²) in [4.78, 5) is 0. The lowest BCUT2D eigenvalue weighted by molar-refractivity contribution is -0.143. The summed E-state index contributed by atoms with van der Waals surface area (Å²) in [6.45, 7) is 7.34. The fourth-order valence-corrected chi connectivity index (χ4v) is 4.68. The third-order valence-electron chi connectivity index (χ3n) is 5.57. The molecule has 74 valence electrons. The Labute approximate surface area is 82.1 Å². The summed E-state index contributed by atoms with van der Waals surface area (Å²) in [7, 11) is 0.